The molecule has 5 nitrogen and oxygen atoms in total. The molecule has 4 heterocycles. The molecule has 3 N–H and O–H groups in total. The molecule has 1 aromatic carbocycles. The Balaban J connectivity index is 1.13. The van der Waals surface area contributed by atoms with Gasteiger partial charge in [-0.2, -0.15) is 0 Å². The third-order valence-corrected chi connectivity index (χ3v) is 11.8. The molecular weight excluding hydrogens is 436 g/mol. The van der Waals surface area contributed by atoms with E-state index in [1.54, 1.807) is 0 Å². The molecule has 0 radical (unpaired) electrons. The average Bonchev–Trinajstić information content (AvgIpc) is 3.13. The minimum Gasteiger partial charge on any atom is -0.392 e. The number of allylic oxidation sites excluding steroid dienone is 2. The number of hydrogen-bond acceptors (Lipinski definition) is 5. The lowest BCUT2D eigenvalue weighted by molar-refractivity contribution is -0.0126. The van der Waals surface area contributed by atoms with Gasteiger partial charge in [-0.3, -0.25) is 9.69 Å². The molecule has 5 heteroatoms. The number of hydrogen-bond donors (Lipinski definition) is 3. The van der Waals surface area contributed by atoms with Crippen molar-refractivity contribution >= 4 is 6.29 Å². The minimum atomic E-state index is -0.757. The van der Waals surface area contributed by atoms with Crippen LogP contribution < -0.4 is 5.32 Å². The van der Waals surface area contributed by atoms with Gasteiger partial charge in [-0.05, 0) is 54.9 Å². The van der Waals surface area contributed by atoms with Crippen molar-refractivity contribution in [1.29, 1.82) is 0 Å². The Bertz CT molecular complexity index is 1130. The highest BCUT2D eigenvalue weighted by Gasteiger charge is 2.79. The summed E-state index contributed by atoms with van der Waals surface area (Å²) in [5, 5.41) is 27.5. The van der Waals surface area contributed by atoms with Crippen LogP contribution in [0.1, 0.15) is 60.9 Å². The number of aliphatic hydroxyl groups is 2. The zero-order valence-electron chi connectivity index (χ0n) is 20.3. The Hall–Kier alpha value is -1.79. The molecule has 3 saturated heterocycles. The number of nitrogens with zero attached hydrogens (tertiary/aromatic N) is 1. The van der Waals surface area contributed by atoms with E-state index in [9.17, 15) is 15.0 Å². The van der Waals surface area contributed by atoms with Gasteiger partial charge in [-0.1, -0.05) is 61.9 Å². The maximum Gasteiger partial charge on any atom is 0.150 e. The first-order chi connectivity index (χ1) is 17.0. The summed E-state index contributed by atoms with van der Waals surface area (Å²) in [6, 6.07) is 8.97. The predicted octanol–water partition coefficient (Wildman–Crippen LogP) is 3.24. The summed E-state index contributed by atoms with van der Waals surface area (Å²) in [5.74, 6) is 2.25. The SMILES string of the molecule is CC(c1ccc(C=O)cc1)C1C2C=CC3N1C3(O)C2C1CC2C=CC3CCCC34C(O)CC2C4N1. The molecule has 35 heavy (non-hydrogen) atoms. The first-order valence-electron chi connectivity index (χ1n) is 13.8. The summed E-state index contributed by atoms with van der Waals surface area (Å²) >= 11 is 0. The number of rotatable bonds is 4. The Kier molecular flexibility index (Phi) is 4.23. The zero-order chi connectivity index (χ0) is 23.7. The maximum atomic E-state index is 12.1. The maximum absolute atomic E-state index is 12.1. The Morgan fingerprint density at radius 3 is 2.77 bits per heavy atom. The molecule has 1 spiro atoms. The lowest BCUT2D eigenvalue weighted by Crippen LogP contribution is -2.61. The number of carbonyl (C=O) groups is 1. The highest BCUT2D eigenvalue weighted by Crippen LogP contribution is 2.67. The number of nitrogens with one attached hydrogen (secondary N) is 1. The van der Waals surface area contributed by atoms with Gasteiger partial charge in [0.25, 0.3) is 0 Å². The number of aliphatic hydroxyl groups excluding tert-OH is 1. The van der Waals surface area contributed by atoms with Crippen molar-refractivity contribution in [2.75, 3.05) is 0 Å². The third-order valence-electron chi connectivity index (χ3n) is 11.8. The normalized spacial score (nSPS) is 54.9. The summed E-state index contributed by atoms with van der Waals surface area (Å²) in [5.41, 5.74) is 1.17. The smallest absolute Gasteiger partial charge is 0.150 e. The predicted molar refractivity (Wildman–Crippen MR) is 133 cm³/mol. The van der Waals surface area contributed by atoms with Crippen LogP contribution in [0, 0.1) is 35.0 Å². The first kappa shape index (κ1) is 21.3. The standard InChI is InChI=1S/C30H36N2O3/c1-16(18-6-4-17(15-33)5-7-18)27-21-10-11-24-30(35,32(24)27)26(21)23-13-19-8-9-20-3-2-12-29(20)25(34)14-22(19)28(29)31-23/h4-11,15-16,19-28,31,34-35H,2-3,12-14H2,1H3. The van der Waals surface area contributed by atoms with E-state index in [1.165, 1.54) is 18.4 Å². The van der Waals surface area contributed by atoms with Crippen molar-refractivity contribution in [3.8, 4) is 0 Å². The summed E-state index contributed by atoms with van der Waals surface area (Å²) in [4.78, 5) is 13.5. The van der Waals surface area contributed by atoms with Crippen molar-refractivity contribution in [2.24, 2.45) is 35.0 Å². The number of benzene rings is 1. The van der Waals surface area contributed by atoms with E-state index in [2.05, 4.69) is 53.6 Å². The van der Waals surface area contributed by atoms with Crippen LogP contribution >= 0.6 is 0 Å². The van der Waals surface area contributed by atoms with E-state index in [0.717, 1.165) is 25.5 Å². The van der Waals surface area contributed by atoms with Crippen LogP contribution in [0.5, 0.6) is 0 Å². The largest absolute Gasteiger partial charge is 0.392 e. The van der Waals surface area contributed by atoms with Crippen molar-refractivity contribution < 1.29 is 15.0 Å². The summed E-state index contributed by atoms with van der Waals surface area (Å²) in [7, 11) is 0. The fraction of sp³-hybridized carbons (Fsp3) is 0.633. The molecule has 184 valence electrons. The van der Waals surface area contributed by atoms with Gasteiger partial charge < -0.3 is 15.5 Å². The molecule has 0 amide bonds. The molecule has 1 aromatic rings. The zero-order valence-corrected chi connectivity index (χ0v) is 20.3. The van der Waals surface area contributed by atoms with Gasteiger partial charge in [-0.15, -0.1) is 0 Å². The van der Waals surface area contributed by atoms with E-state index in [4.69, 9.17) is 0 Å². The fourth-order valence-corrected chi connectivity index (χ4v) is 10.3. The van der Waals surface area contributed by atoms with Gasteiger partial charge in [0.2, 0.25) is 0 Å². The van der Waals surface area contributed by atoms with Crippen LogP contribution in [0.4, 0.5) is 0 Å². The van der Waals surface area contributed by atoms with Crippen LogP contribution in [0.2, 0.25) is 0 Å². The average molecular weight is 473 g/mol. The molecule has 2 saturated carbocycles. The van der Waals surface area contributed by atoms with Gasteiger partial charge in [0, 0.05) is 40.9 Å². The van der Waals surface area contributed by atoms with Gasteiger partial charge in [0.1, 0.15) is 12.0 Å². The van der Waals surface area contributed by atoms with Gasteiger partial charge in [0.05, 0.1) is 12.1 Å². The van der Waals surface area contributed by atoms with Crippen molar-refractivity contribution in [3.63, 3.8) is 0 Å². The second-order valence-corrected chi connectivity index (χ2v) is 12.7. The molecule has 14 atom stereocenters. The molecule has 8 bridgehead atoms. The lowest BCUT2D eigenvalue weighted by Gasteiger charge is -2.48. The van der Waals surface area contributed by atoms with Crippen LogP contribution in [0.3, 0.4) is 0 Å². The number of carbonyl (C=O) groups excluding carboxylic acids is 1. The van der Waals surface area contributed by atoms with E-state index < -0.39 is 5.72 Å². The van der Waals surface area contributed by atoms with Gasteiger partial charge >= 0.3 is 0 Å². The third kappa shape index (κ3) is 2.46. The molecule has 8 aliphatic rings. The quantitative estimate of drug-likeness (QED) is 0.357. The molecule has 14 unspecified atom stereocenters. The lowest BCUT2D eigenvalue weighted by atomic mass is 9.65. The van der Waals surface area contributed by atoms with Crippen LogP contribution in [0.15, 0.2) is 48.6 Å². The number of piperidine rings is 2. The Morgan fingerprint density at radius 1 is 1.14 bits per heavy atom. The fourth-order valence-electron chi connectivity index (χ4n) is 10.3. The molecule has 9 rings (SSSR count). The van der Waals surface area contributed by atoms with Crippen LogP contribution in [0.25, 0.3) is 0 Å². The van der Waals surface area contributed by atoms with Crippen molar-refractivity contribution in [3.05, 3.63) is 59.7 Å². The Labute approximate surface area is 207 Å². The van der Waals surface area contributed by atoms with E-state index in [1.807, 2.05) is 12.1 Å². The highest BCUT2D eigenvalue weighted by molar-refractivity contribution is 5.74. The molecule has 5 fully saturated rings. The summed E-state index contributed by atoms with van der Waals surface area (Å²) < 4.78 is 0. The molecular formula is C30H36N2O3. The van der Waals surface area contributed by atoms with Gasteiger partial charge in [0.15, 0.2) is 0 Å². The van der Waals surface area contributed by atoms with Crippen LogP contribution in [-0.2, 0) is 0 Å². The summed E-state index contributed by atoms with van der Waals surface area (Å²) in [6.07, 6.45) is 15.8. The second kappa shape index (κ2) is 6.95. The van der Waals surface area contributed by atoms with Gasteiger partial charge in [-0.25, -0.2) is 0 Å². The Morgan fingerprint density at radius 2 is 1.97 bits per heavy atom. The monoisotopic (exact) mass is 472 g/mol. The molecule has 4 aliphatic heterocycles. The van der Waals surface area contributed by atoms with Crippen LogP contribution in [-0.4, -0.2) is 57.4 Å². The van der Waals surface area contributed by atoms with E-state index >= 15 is 0 Å². The van der Waals surface area contributed by atoms with Crippen molar-refractivity contribution in [1.82, 2.24) is 10.2 Å². The van der Waals surface area contributed by atoms with E-state index in [-0.39, 0.29) is 41.5 Å². The minimum absolute atomic E-state index is 0.0130. The second-order valence-electron chi connectivity index (χ2n) is 12.7. The van der Waals surface area contributed by atoms with Crippen molar-refractivity contribution in [2.45, 2.75) is 80.9 Å². The topological polar surface area (TPSA) is 72.6 Å². The molecule has 4 aliphatic carbocycles. The first-order valence-corrected chi connectivity index (χ1v) is 13.8. The number of aldehydes is 1. The highest BCUT2D eigenvalue weighted by atomic mass is 16.3. The van der Waals surface area contributed by atoms with E-state index in [0.29, 0.717) is 35.3 Å². The summed E-state index contributed by atoms with van der Waals surface area (Å²) in [6.45, 7) is 2.28. The molecule has 0 aromatic heterocycles.